The van der Waals surface area contributed by atoms with Gasteiger partial charge in [-0.05, 0) is 50.1 Å². The minimum atomic E-state index is -0.165. The van der Waals surface area contributed by atoms with Gasteiger partial charge in [0.05, 0.1) is 5.92 Å². The number of nitrogens with one attached hydrogen (secondary N) is 1. The molecule has 2 aromatic carbocycles. The molecule has 0 atom stereocenters. The highest BCUT2D eigenvalue weighted by Crippen LogP contribution is 2.34. The molecule has 0 spiro atoms. The van der Waals surface area contributed by atoms with Crippen LogP contribution in [0.5, 0.6) is 17.2 Å². The molecule has 1 saturated carbocycles. The minimum absolute atomic E-state index is 0.0501. The Kier molecular flexibility index (Phi) is 5.72. The maximum absolute atomic E-state index is 11.9. The first-order valence-corrected chi connectivity index (χ1v) is 10.9. The number of esters is 1. The van der Waals surface area contributed by atoms with E-state index in [-0.39, 0.29) is 11.9 Å². The Morgan fingerprint density at radius 3 is 2.61 bits per heavy atom. The van der Waals surface area contributed by atoms with E-state index in [0.29, 0.717) is 23.1 Å². The summed E-state index contributed by atoms with van der Waals surface area (Å²) in [6.07, 6.45) is 3.50. The molecule has 6 heteroatoms. The third-order valence-electron chi connectivity index (χ3n) is 5.24. The lowest BCUT2D eigenvalue weighted by molar-refractivity contribution is -0.135. The average molecular weight is 437 g/mol. The summed E-state index contributed by atoms with van der Waals surface area (Å²) in [7, 11) is 0. The molecule has 0 aliphatic heterocycles. The molecule has 0 bridgehead atoms. The van der Waals surface area contributed by atoms with Crippen LogP contribution in [0.1, 0.15) is 18.5 Å². The summed E-state index contributed by atoms with van der Waals surface area (Å²) in [5, 5.41) is 3.25. The number of hydrogen-bond acceptors (Lipinski definition) is 6. The maximum atomic E-state index is 11.9. The van der Waals surface area contributed by atoms with E-state index in [2.05, 4.69) is 15.3 Å². The predicted molar refractivity (Wildman–Crippen MR) is 127 cm³/mol. The van der Waals surface area contributed by atoms with Crippen LogP contribution in [0.2, 0.25) is 0 Å². The highest BCUT2D eigenvalue weighted by Gasteiger charge is 2.31. The summed E-state index contributed by atoms with van der Waals surface area (Å²) in [6.45, 7) is 1.96. The van der Waals surface area contributed by atoms with Gasteiger partial charge in [-0.25, -0.2) is 9.97 Å². The van der Waals surface area contributed by atoms with Gasteiger partial charge in [0.1, 0.15) is 23.0 Å². The molecule has 1 N–H and O–H groups in total. The van der Waals surface area contributed by atoms with E-state index in [1.54, 1.807) is 24.4 Å². The summed E-state index contributed by atoms with van der Waals surface area (Å²) in [5.41, 5.74) is 3.46. The number of aromatic nitrogens is 2. The molecule has 0 radical (unpaired) electrons. The standard InChI is InChI=1S/C27H23N3O3/c1-18-10-13-24(26(29-18)19-6-3-2-4-7-19)32-23-14-15-28-25(17-23)30-21-8-5-9-22(16-21)33-27(31)20-11-12-20/h2-10,13-17,20H,11-12H2,1H3,(H,28,30). The number of ether oxygens (including phenoxy) is 2. The molecule has 0 amide bonds. The molecule has 0 saturated heterocycles. The Labute approximate surface area is 192 Å². The maximum Gasteiger partial charge on any atom is 0.314 e. The number of nitrogens with zero attached hydrogens (tertiary/aromatic N) is 2. The van der Waals surface area contributed by atoms with Crippen molar-refractivity contribution < 1.29 is 14.3 Å². The van der Waals surface area contributed by atoms with Gasteiger partial charge in [-0.3, -0.25) is 4.79 Å². The molecule has 5 rings (SSSR count). The number of aryl methyl sites for hydroxylation is 1. The van der Waals surface area contributed by atoms with E-state index in [1.165, 1.54) is 0 Å². The molecule has 2 aromatic heterocycles. The van der Waals surface area contributed by atoms with E-state index in [9.17, 15) is 4.79 Å². The second kappa shape index (κ2) is 9.12. The molecule has 0 unspecified atom stereocenters. The Morgan fingerprint density at radius 1 is 0.939 bits per heavy atom. The predicted octanol–water partition coefficient (Wildman–Crippen LogP) is 6.30. The van der Waals surface area contributed by atoms with Gasteiger partial charge in [0, 0.05) is 35.3 Å². The third kappa shape index (κ3) is 5.18. The zero-order valence-electron chi connectivity index (χ0n) is 18.2. The van der Waals surface area contributed by atoms with E-state index in [4.69, 9.17) is 9.47 Å². The first-order chi connectivity index (χ1) is 16.1. The number of rotatable bonds is 7. The fourth-order valence-electron chi connectivity index (χ4n) is 3.40. The Balaban J connectivity index is 1.34. The van der Waals surface area contributed by atoms with Crippen molar-refractivity contribution >= 4 is 17.5 Å². The van der Waals surface area contributed by atoms with Gasteiger partial charge in [0.25, 0.3) is 0 Å². The normalized spacial score (nSPS) is 12.8. The van der Waals surface area contributed by atoms with Crippen molar-refractivity contribution in [1.29, 1.82) is 0 Å². The lowest BCUT2D eigenvalue weighted by Crippen LogP contribution is -2.09. The van der Waals surface area contributed by atoms with Gasteiger partial charge >= 0.3 is 5.97 Å². The summed E-state index contributed by atoms with van der Waals surface area (Å²) < 4.78 is 11.6. The van der Waals surface area contributed by atoms with E-state index < -0.39 is 0 Å². The Hall–Kier alpha value is -4.19. The van der Waals surface area contributed by atoms with Crippen molar-refractivity contribution in [2.45, 2.75) is 19.8 Å². The number of carbonyl (C=O) groups is 1. The molecule has 2 heterocycles. The smallest absolute Gasteiger partial charge is 0.314 e. The topological polar surface area (TPSA) is 73.3 Å². The average Bonchev–Trinajstić information content (AvgIpc) is 3.67. The van der Waals surface area contributed by atoms with Gasteiger partial charge in [-0.1, -0.05) is 36.4 Å². The van der Waals surface area contributed by atoms with Crippen molar-refractivity contribution in [2.24, 2.45) is 5.92 Å². The molecule has 4 aromatic rings. The zero-order chi connectivity index (χ0) is 22.6. The highest BCUT2D eigenvalue weighted by atomic mass is 16.5. The van der Waals surface area contributed by atoms with Gasteiger partial charge in [0.2, 0.25) is 0 Å². The molecular formula is C27H23N3O3. The van der Waals surface area contributed by atoms with Crippen LogP contribution in [0.4, 0.5) is 11.5 Å². The minimum Gasteiger partial charge on any atom is -0.455 e. The van der Waals surface area contributed by atoms with Gasteiger partial charge in [-0.2, -0.15) is 0 Å². The molecular weight excluding hydrogens is 414 g/mol. The number of anilines is 2. The first kappa shape index (κ1) is 20.7. The zero-order valence-corrected chi connectivity index (χ0v) is 18.2. The number of carbonyl (C=O) groups excluding carboxylic acids is 1. The molecule has 33 heavy (non-hydrogen) atoms. The fourth-order valence-corrected chi connectivity index (χ4v) is 3.40. The van der Waals surface area contributed by atoms with Crippen LogP contribution in [0.3, 0.4) is 0 Å². The van der Waals surface area contributed by atoms with Crippen LogP contribution in [0.15, 0.2) is 85.1 Å². The molecule has 1 aliphatic carbocycles. The van der Waals surface area contributed by atoms with Crippen molar-refractivity contribution in [3.63, 3.8) is 0 Å². The second-order valence-corrected chi connectivity index (χ2v) is 7.99. The van der Waals surface area contributed by atoms with Crippen molar-refractivity contribution in [1.82, 2.24) is 9.97 Å². The van der Waals surface area contributed by atoms with Crippen LogP contribution < -0.4 is 14.8 Å². The molecule has 1 aliphatic rings. The number of hydrogen-bond donors (Lipinski definition) is 1. The SMILES string of the molecule is Cc1ccc(Oc2ccnc(Nc3cccc(OC(=O)C4CC4)c3)c2)c(-c2ccccc2)n1. The largest absolute Gasteiger partial charge is 0.455 e. The summed E-state index contributed by atoms with van der Waals surface area (Å²) in [4.78, 5) is 21.0. The first-order valence-electron chi connectivity index (χ1n) is 10.9. The second-order valence-electron chi connectivity index (χ2n) is 7.99. The van der Waals surface area contributed by atoms with E-state index >= 15 is 0 Å². The lowest BCUT2D eigenvalue weighted by atomic mass is 10.1. The molecule has 164 valence electrons. The highest BCUT2D eigenvalue weighted by molar-refractivity contribution is 5.77. The molecule has 1 fully saturated rings. The quantitative estimate of drug-likeness (QED) is 0.270. The van der Waals surface area contributed by atoms with E-state index in [0.717, 1.165) is 35.5 Å². The van der Waals surface area contributed by atoms with Gasteiger partial charge in [-0.15, -0.1) is 0 Å². The fraction of sp³-hybridized carbons (Fsp3) is 0.148. The number of pyridine rings is 2. The summed E-state index contributed by atoms with van der Waals surface area (Å²) >= 11 is 0. The number of benzene rings is 2. The molecule has 6 nitrogen and oxygen atoms in total. The van der Waals surface area contributed by atoms with Crippen LogP contribution in [-0.2, 0) is 4.79 Å². The summed E-state index contributed by atoms with van der Waals surface area (Å²) in [6, 6.07) is 24.7. The van der Waals surface area contributed by atoms with Crippen LogP contribution in [-0.4, -0.2) is 15.9 Å². The summed E-state index contributed by atoms with van der Waals surface area (Å²) in [5.74, 6) is 2.31. The van der Waals surface area contributed by atoms with Crippen LogP contribution in [0.25, 0.3) is 11.3 Å². The Bertz CT molecular complexity index is 1290. The Morgan fingerprint density at radius 2 is 1.79 bits per heavy atom. The van der Waals surface area contributed by atoms with E-state index in [1.807, 2.05) is 67.6 Å². The van der Waals surface area contributed by atoms with Crippen LogP contribution >= 0.6 is 0 Å². The monoisotopic (exact) mass is 437 g/mol. The lowest BCUT2D eigenvalue weighted by Gasteiger charge is -2.13. The third-order valence-corrected chi connectivity index (χ3v) is 5.24. The van der Waals surface area contributed by atoms with Crippen LogP contribution in [0, 0.1) is 12.8 Å². The van der Waals surface area contributed by atoms with Gasteiger partial charge in [0.15, 0.2) is 5.75 Å². The van der Waals surface area contributed by atoms with Crippen molar-refractivity contribution in [3.8, 4) is 28.5 Å². The van der Waals surface area contributed by atoms with Crippen molar-refractivity contribution in [3.05, 3.63) is 90.8 Å². The van der Waals surface area contributed by atoms with Crippen molar-refractivity contribution in [2.75, 3.05) is 5.32 Å². The van der Waals surface area contributed by atoms with Gasteiger partial charge < -0.3 is 14.8 Å².